The van der Waals surface area contributed by atoms with Crippen LogP contribution in [0.2, 0.25) is 0 Å². The monoisotopic (exact) mass is 295 g/mol. The van der Waals surface area contributed by atoms with Gasteiger partial charge in [-0.3, -0.25) is 4.79 Å². The lowest BCUT2D eigenvalue weighted by molar-refractivity contribution is -0.132. The molecule has 1 fully saturated rings. The van der Waals surface area contributed by atoms with Gasteiger partial charge in [0.05, 0.1) is 5.92 Å². The van der Waals surface area contributed by atoms with E-state index in [1.54, 1.807) is 0 Å². The first-order chi connectivity index (χ1) is 8.24. The average Bonchev–Trinajstić information content (AvgIpc) is 2.86. The molecule has 0 saturated carbocycles. The Morgan fingerprint density at radius 3 is 2.82 bits per heavy atom. The Balaban J connectivity index is 2.10. The number of carbonyl (C=O) groups excluding carboxylic acids is 1. The first-order valence-corrected chi connectivity index (χ1v) is 7.27. The maximum Gasteiger partial charge on any atom is 0.230 e. The summed E-state index contributed by atoms with van der Waals surface area (Å²) in [6.45, 7) is 2.91. The number of hydrogen-bond donors (Lipinski definition) is 0. The molecule has 2 unspecified atom stereocenters. The van der Waals surface area contributed by atoms with E-state index in [0.717, 1.165) is 30.3 Å². The van der Waals surface area contributed by atoms with E-state index in [1.165, 1.54) is 0 Å². The molecule has 2 rings (SSSR count). The van der Waals surface area contributed by atoms with Gasteiger partial charge in [0.2, 0.25) is 5.91 Å². The summed E-state index contributed by atoms with van der Waals surface area (Å²) < 4.78 is 0. The molecule has 0 aromatic heterocycles. The van der Waals surface area contributed by atoms with Gasteiger partial charge < -0.3 is 4.90 Å². The molecule has 1 aliphatic heterocycles. The SMILES string of the molecule is CC(C(=O)N1CCCC1CBr)c1ccccc1. The smallest absolute Gasteiger partial charge is 0.230 e. The van der Waals surface area contributed by atoms with Crippen LogP contribution in [-0.4, -0.2) is 28.7 Å². The van der Waals surface area contributed by atoms with Gasteiger partial charge in [-0.05, 0) is 25.3 Å². The number of rotatable bonds is 3. The summed E-state index contributed by atoms with van der Waals surface area (Å²) >= 11 is 3.50. The minimum absolute atomic E-state index is 0.0316. The van der Waals surface area contributed by atoms with Crippen LogP contribution in [0.1, 0.15) is 31.2 Å². The fourth-order valence-electron chi connectivity index (χ4n) is 2.42. The van der Waals surface area contributed by atoms with Crippen molar-refractivity contribution in [3.8, 4) is 0 Å². The highest BCUT2D eigenvalue weighted by Crippen LogP contribution is 2.25. The van der Waals surface area contributed by atoms with E-state index in [2.05, 4.69) is 15.9 Å². The summed E-state index contributed by atoms with van der Waals surface area (Å²) in [6.07, 6.45) is 2.25. The molecule has 1 aromatic rings. The summed E-state index contributed by atoms with van der Waals surface area (Å²) in [7, 11) is 0. The zero-order valence-electron chi connectivity index (χ0n) is 10.1. The molecule has 0 spiro atoms. The van der Waals surface area contributed by atoms with Crippen LogP contribution in [0.4, 0.5) is 0 Å². The Bertz CT molecular complexity index is 379. The van der Waals surface area contributed by atoms with Gasteiger partial charge in [0.25, 0.3) is 0 Å². The highest BCUT2D eigenvalue weighted by atomic mass is 79.9. The molecule has 1 saturated heterocycles. The van der Waals surface area contributed by atoms with Gasteiger partial charge in [-0.2, -0.15) is 0 Å². The van der Waals surface area contributed by atoms with Crippen LogP contribution in [-0.2, 0) is 4.79 Å². The van der Waals surface area contributed by atoms with Crippen LogP contribution in [0.15, 0.2) is 30.3 Å². The third-order valence-electron chi connectivity index (χ3n) is 3.51. The van der Waals surface area contributed by atoms with Gasteiger partial charge in [0.1, 0.15) is 0 Å². The van der Waals surface area contributed by atoms with E-state index in [0.29, 0.717) is 6.04 Å². The fourth-order valence-corrected chi connectivity index (χ4v) is 3.09. The van der Waals surface area contributed by atoms with E-state index in [1.807, 2.05) is 42.2 Å². The molecular formula is C14H18BrNO. The standard InChI is InChI=1S/C14H18BrNO/c1-11(12-6-3-2-4-7-12)14(17)16-9-5-8-13(16)10-15/h2-4,6-7,11,13H,5,8-10H2,1H3. The Hall–Kier alpha value is -0.830. The first kappa shape index (κ1) is 12.6. The lowest BCUT2D eigenvalue weighted by Gasteiger charge is -2.26. The van der Waals surface area contributed by atoms with Crippen LogP contribution in [0.3, 0.4) is 0 Å². The molecule has 1 aliphatic rings. The first-order valence-electron chi connectivity index (χ1n) is 6.15. The second kappa shape index (κ2) is 5.67. The summed E-state index contributed by atoms with van der Waals surface area (Å²) in [5, 5.41) is 0.889. The molecule has 1 heterocycles. The van der Waals surface area contributed by atoms with Crippen molar-refractivity contribution < 1.29 is 4.79 Å². The fraction of sp³-hybridized carbons (Fsp3) is 0.500. The van der Waals surface area contributed by atoms with Crippen molar-refractivity contribution in [2.75, 3.05) is 11.9 Å². The van der Waals surface area contributed by atoms with E-state index in [9.17, 15) is 4.79 Å². The van der Waals surface area contributed by atoms with E-state index < -0.39 is 0 Å². The molecule has 1 aromatic carbocycles. The summed E-state index contributed by atoms with van der Waals surface area (Å²) in [6, 6.07) is 10.4. The number of halogens is 1. The number of alkyl halides is 1. The van der Waals surface area contributed by atoms with E-state index in [4.69, 9.17) is 0 Å². The van der Waals surface area contributed by atoms with Crippen molar-refractivity contribution in [3.05, 3.63) is 35.9 Å². The third kappa shape index (κ3) is 2.71. The summed E-state index contributed by atoms with van der Waals surface area (Å²) in [5.74, 6) is 0.231. The van der Waals surface area contributed by atoms with Gasteiger partial charge in [-0.25, -0.2) is 0 Å². The molecule has 92 valence electrons. The number of nitrogens with zero attached hydrogens (tertiary/aromatic N) is 1. The van der Waals surface area contributed by atoms with Crippen molar-refractivity contribution in [1.82, 2.24) is 4.90 Å². The largest absolute Gasteiger partial charge is 0.338 e. The normalized spacial score (nSPS) is 21.5. The van der Waals surface area contributed by atoms with Crippen molar-refractivity contribution in [1.29, 1.82) is 0 Å². The molecule has 2 nitrogen and oxygen atoms in total. The Kier molecular flexibility index (Phi) is 4.21. The summed E-state index contributed by atoms with van der Waals surface area (Å²) in [4.78, 5) is 14.5. The van der Waals surface area contributed by atoms with Crippen LogP contribution in [0, 0.1) is 0 Å². The third-order valence-corrected chi connectivity index (χ3v) is 4.26. The number of benzene rings is 1. The highest BCUT2D eigenvalue weighted by molar-refractivity contribution is 9.09. The van der Waals surface area contributed by atoms with Gasteiger partial charge in [-0.1, -0.05) is 46.3 Å². The van der Waals surface area contributed by atoms with Crippen molar-refractivity contribution >= 4 is 21.8 Å². The number of hydrogen-bond acceptors (Lipinski definition) is 1. The second-order valence-electron chi connectivity index (χ2n) is 4.61. The Morgan fingerprint density at radius 2 is 2.18 bits per heavy atom. The predicted octanol–water partition coefficient (Wildman–Crippen LogP) is 3.18. The lowest BCUT2D eigenvalue weighted by atomic mass is 9.99. The van der Waals surface area contributed by atoms with Crippen LogP contribution in [0.25, 0.3) is 0 Å². The quantitative estimate of drug-likeness (QED) is 0.785. The molecule has 0 N–H and O–H groups in total. The second-order valence-corrected chi connectivity index (χ2v) is 5.26. The predicted molar refractivity (Wildman–Crippen MR) is 73.4 cm³/mol. The Morgan fingerprint density at radius 1 is 1.47 bits per heavy atom. The highest BCUT2D eigenvalue weighted by Gasteiger charge is 2.30. The number of likely N-dealkylation sites (tertiary alicyclic amines) is 1. The molecule has 2 atom stereocenters. The van der Waals surface area contributed by atoms with Gasteiger partial charge in [0.15, 0.2) is 0 Å². The minimum Gasteiger partial charge on any atom is -0.338 e. The zero-order valence-corrected chi connectivity index (χ0v) is 11.7. The average molecular weight is 296 g/mol. The van der Waals surface area contributed by atoms with Gasteiger partial charge in [0, 0.05) is 17.9 Å². The van der Waals surface area contributed by atoms with Crippen LogP contribution in [0.5, 0.6) is 0 Å². The Labute approximate surface area is 111 Å². The van der Waals surface area contributed by atoms with Crippen molar-refractivity contribution in [2.24, 2.45) is 0 Å². The summed E-state index contributed by atoms with van der Waals surface area (Å²) in [5.41, 5.74) is 1.11. The van der Waals surface area contributed by atoms with Gasteiger partial charge >= 0.3 is 0 Å². The molecule has 0 bridgehead atoms. The van der Waals surface area contributed by atoms with Crippen LogP contribution < -0.4 is 0 Å². The van der Waals surface area contributed by atoms with Crippen molar-refractivity contribution in [3.63, 3.8) is 0 Å². The maximum absolute atomic E-state index is 12.4. The molecule has 0 aliphatic carbocycles. The lowest BCUT2D eigenvalue weighted by Crippen LogP contribution is -2.38. The molecular weight excluding hydrogens is 278 g/mol. The van der Waals surface area contributed by atoms with E-state index in [-0.39, 0.29) is 11.8 Å². The topological polar surface area (TPSA) is 20.3 Å². The van der Waals surface area contributed by atoms with Gasteiger partial charge in [-0.15, -0.1) is 0 Å². The zero-order chi connectivity index (χ0) is 12.3. The number of carbonyl (C=O) groups is 1. The maximum atomic E-state index is 12.4. The minimum atomic E-state index is -0.0316. The van der Waals surface area contributed by atoms with Crippen molar-refractivity contribution in [2.45, 2.75) is 31.7 Å². The van der Waals surface area contributed by atoms with E-state index >= 15 is 0 Å². The molecule has 17 heavy (non-hydrogen) atoms. The molecule has 0 radical (unpaired) electrons. The van der Waals surface area contributed by atoms with Crippen LogP contribution >= 0.6 is 15.9 Å². The molecule has 3 heteroatoms. The number of amides is 1. The molecule has 1 amide bonds.